The fourth-order valence-electron chi connectivity index (χ4n) is 7.01. The molecular formula is C38H44N6O4. The Balaban J connectivity index is 1.04. The first-order chi connectivity index (χ1) is 22.7. The van der Waals surface area contributed by atoms with Crippen LogP contribution in [-0.4, -0.2) is 65.2 Å². The van der Waals surface area contributed by atoms with Crippen LogP contribution in [0.15, 0.2) is 48.8 Å². The highest BCUT2D eigenvalue weighted by Crippen LogP contribution is 2.53. The average molecular weight is 649 g/mol. The highest BCUT2D eigenvalue weighted by atomic mass is 16.6. The molecule has 1 saturated carbocycles. The van der Waals surface area contributed by atoms with E-state index in [0.717, 1.165) is 64.9 Å². The number of piperidine rings is 1. The number of ether oxygens (including phenoxy) is 2. The smallest absolute Gasteiger partial charge is 0.411 e. The molecule has 0 bridgehead atoms. The Morgan fingerprint density at radius 1 is 0.792 bits per heavy atom. The van der Waals surface area contributed by atoms with E-state index in [9.17, 15) is 9.59 Å². The van der Waals surface area contributed by atoms with E-state index in [0.29, 0.717) is 11.6 Å². The Hall–Kier alpha value is -4.78. The van der Waals surface area contributed by atoms with E-state index in [4.69, 9.17) is 9.47 Å². The standard InChI is InChI=1S/C38H44N6O4/c1-22-8-15-30(43(22)35(45)47-37(2,3)4)33-40-21-29(42-33)26-13-12-24-16-23(9-11-25(24)17-26)10-14-28-20-39-34(41-28)32-19-27-18-31(27)44(32)36(46)48-38(5,6)7/h9,11-13,16-17,20-22,27,30-32H,8,15,18-19H2,1-7H3,(H,39,41)(H,40,42)/t22-,27?,30-,31+,32-/m0/s1. The summed E-state index contributed by atoms with van der Waals surface area (Å²) in [6, 6.07) is 12.5. The second-order valence-corrected chi connectivity index (χ2v) is 15.4. The number of nitrogens with zero attached hydrogens (tertiary/aromatic N) is 4. The van der Waals surface area contributed by atoms with Crippen LogP contribution in [0, 0.1) is 17.8 Å². The molecule has 10 heteroatoms. The first-order valence-corrected chi connectivity index (χ1v) is 16.9. The van der Waals surface area contributed by atoms with Crippen molar-refractivity contribution in [3.05, 3.63) is 71.7 Å². The average Bonchev–Trinajstić information content (AvgIpc) is 3.48. The van der Waals surface area contributed by atoms with Gasteiger partial charge >= 0.3 is 12.2 Å². The van der Waals surface area contributed by atoms with E-state index in [1.807, 2.05) is 63.6 Å². The van der Waals surface area contributed by atoms with Crippen LogP contribution in [0.5, 0.6) is 0 Å². The number of hydrogen-bond acceptors (Lipinski definition) is 6. The Morgan fingerprint density at radius 3 is 2.21 bits per heavy atom. The summed E-state index contributed by atoms with van der Waals surface area (Å²) in [6.07, 6.45) is 6.66. The second kappa shape index (κ2) is 11.7. The van der Waals surface area contributed by atoms with Gasteiger partial charge in [-0.25, -0.2) is 19.6 Å². The number of aromatic amines is 2. The predicted molar refractivity (Wildman–Crippen MR) is 183 cm³/mol. The summed E-state index contributed by atoms with van der Waals surface area (Å²) in [5.74, 6) is 8.52. The Labute approximate surface area is 281 Å². The summed E-state index contributed by atoms with van der Waals surface area (Å²) in [5, 5.41) is 2.17. The third-order valence-corrected chi connectivity index (χ3v) is 9.30. The first kappa shape index (κ1) is 31.8. The lowest BCUT2D eigenvalue weighted by atomic mass is 10.0. The van der Waals surface area contributed by atoms with Gasteiger partial charge in [-0.1, -0.05) is 24.1 Å². The second-order valence-electron chi connectivity index (χ2n) is 15.4. The lowest BCUT2D eigenvalue weighted by molar-refractivity contribution is 0.0147. The molecule has 2 aliphatic heterocycles. The Bertz CT molecular complexity index is 1940. The SMILES string of the molecule is C[C@H]1CC[C@@H](c2ncc(-c3ccc4cc(C#Cc5cnc([C@@H]6CC7C[C@H]7N6C(=O)OC(C)(C)C)[nH]5)ccc4c3)[nH]2)N1C(=O)OC(C)(C)C. The summed E-state index contributed by atoms with van der Waals surface area (Å²) in [5.41, 5.74) is 2.43. The van der Waals surface area contributed by atoms with Crippen molar-refractivity contribution in [2.75, 3.05) is 0 Å². The van der Waals surface area contributed by atoms with Gasteiger partial charge in [-0.2, -0.15) is 0 Å². The van der Waals surface area contributed by atoms with Crippen LogP contribution in [0.4, 0.5) is 9.59 Å². The van der Waals surface area contributed by atoms with E-state index >= 15 is 0 Å². The number of rotatable bonds is 3. The van der Waals surface area contributed by atoms with E-state index in [2.05, 4.69) is 69.0 Å². The number of fused-ring (bicyclic) bond motifs is 2. The largest absolute Gasteiger partial charge is 0.444 e. The molecular weight excluding hydrogens is 604 g/mol. The molecule has 1 aliphatic carbocycles. The van der Waals surface area contributed by atoms with Gasteiger partial charge in [0.25, 0.3) is 0 Å². The molecule has 3 fully saturated rings. The number of likely N-dealkylation sites (tertiary alicyclic amines) is 2. The summed E-state index contributed by atoms with van der Waals surface area (Å²) in [7, 11) is 0. The summed E-state index contributed by atoms with van der Waals surface area (Å²) in [6.45, 7) is 13.4. The monoisotopic (exact) mass is 648 g/mol. The van der Waals surface area contributed by atoms with Crippen molar-refractivity contribution in [1.29, 1.82) is 0 Å². The highest BCUT2D eigenvalue weighted by Gasteiger charge is 2.56. The molecule has 7 rings (SSSR count). The molecule has 2 N–H and O–H groups in total. The molecule has 2 saturated heterocycles. The summed E-state index contributed by atoms with van der Waals surface area (Å²) < 4.78 is 11.4. The maximum absolute atomic E-state index is 13.0. The van der Waals surface area contributed by atoms with Crippen LogP contribution >= 0.6 is 0 Å². The van der Waals surface area contributed by atoms with Crippen molar-refractivity contribution in [3.8, 4) is 23.1 Å². The van der Waals surface area contributed by atoms with Gasteiger partial charge in [-0.3, -0.25) is 9.80 Å². The molecule has 0 spiro atoms. The van der Waals surface area contributed by atoms with Crippen molar-refractivity contribution in [3.63, 3.8) is 0 Å². The summed E-state index contributed by atoms with van der Waals surface area (Å²) in [4.78, 5) is 45.8. The number of H-pyrrole nitrogens is 2. The normalized spacial score (nSPS) is 23.5. The van der Waals surface area contributed by atoms with E-state index in [1.54, 1.807) is 6.20 Å². The number of aromatic nitrogens is 4. The fourth-order valence-corrected chi connectivity index (χ4v) is 7.01. The van der Waals surface area contributed by atoms with Gasteiger partial charge < -0.3 is 19.4 Å². The van der Waals surface area contributed by atoms with Crippen LogP contribution < -0.4 is 0 Å². The lowest BCUT2D eigenvalue weighted by Gasteiger charge is -2.30. The van der Waals surface area contributed by atoms with E-state index in [-0.39, 0.29) is 36.4 Å². The zero-order valence-electron chi connectivity index (χ0n) is 28.8. The quantitative estimate of drug-likeness (QED) is 0.218. The van der Waals surface area contributed by atoms with Crippen LogP contribution in [0.25, 0.3) is 22.0 Å². The topological polar surface area (TPSA) is 116 Å². The maximum atomic E-state index is 13.0. The molecule has 0 radical (unpaired) electrons. The van der Waals surface area contributed by atoms with Gasteiger partial charge in [-0.05, 0) is 115 Å². The van der Waals surface area contributed by atoms with Crippen molar-refractivity contribution in [2.24, 2.45) is 5.92 Å². The summed E-state index contributed by atoms with van der Waals surface area (Å²) >= 11 is 0. The van der Waals surface area contributed by atoms with E-state index in [1.165, 1.54) is 0 Å². The molecule has 5 atom stereocenters. The number of nitrogens with one attached hydrogen (secondary N) is 2. The van der Waals surface area contributed by atoms with Crippen LogP contribution in [0.3, 0.4) is 0 Å². The minimum Gasteiger partial charge on any atom is -0.444 e. The molecule has 2 aromatic heterocycles. The molecule has 48 heavy (non-hydrogen) atoms. The predicted octanol–water partition coefficient (Wildman–Crippen LogP) is 7.88. The molecule has 4 aromatic rings. The minimum atomic E-state index is -0.556. The maximum Gasteiger partial charge on any atom is 0.411 e. The number of benzene rings is 2. The highest BCUT2D eigenvalue weighted by molar-refractivity contribution is 5.88. The van der Waals surface area contributed by atoms with Gasteiger partial charge in [0.2, 0.25) is 0 Å². The molecule has 10 nitrogen and oxygen atoms in total. The zero-order valence-corrected chi connectivity index (χ0v) is 28.8. The third-order valence-electron chi connectivity index (χ3n) is 9.30. The molecule has 4 heterocycles. The molecule has 2 amide bonds. The van der Waals surface area contributed by atoms with Gasteiger partial charge in [0.05, 0.1) is 30.2 Å². The van der Waals surface area contributed by atoms with Gasteiger partial charge in [-0.15, -0.1) is 0 Å². The Morgan fingerprint density at radius 2 is 1.46 bits per heavy atom. The van der Waals surface area contributed by atoms with Gasteiger partial charge in [0.15, 0.2) is 0 Å². The molecule has 250 valence electrons. The zero-order chi connectivity index (χ0) is 34.0. The lowest BCUT2D eigenvalue weighted by Crippen LogP contribution is -2.40. The number of amides is 2. The van der Waals surface area contributed by atoms with Crippen molar-refractivity contribution in [1.82, 2.24) is 29.7 Å². The number of imidazole rings is 2. The molecule has 3 aliphatic rings. The third kappa shape index (κ3) is 6.51. The number of carbonyl (C=O) groups excluding carboxylic acids is 2. The van der Waals surface area contributed by atoms with Crippen molar-refractivity contribution < 1.29 is 19.1 Å². The fraction of sp³-hybridized carbons (Fsp3) is 0.474. The first-order valence-electron chi connectivity index (χ1n) is 16.9. The Kier molecular flexibility index (Phi) is 7.77. The van der Waals surface area contributed by atoms with Crippen molar-refractivity contribution in [2.45, 2.75) is 110 Å². The van der Waals surface area contributed by atoms with E-state index < -0.39 is 11.2 Å². The number of hydrogen-bond donors (Lipinski definition) is 2. The van der Waals surface area contributed by atoms with Gasteiger partial charge in [0.1, 0.15) is 28.5 Å². The van der Waals surface area contributed by atoms with Crippen LogP contribution in [0.2, 0.25) is 0 Å². The molecule has 1 unspecified atom stereocenters. The van der Waals surface area contributed by atoms with Crippen LogP contribution in [-0.2, 0) is 9.47 Å². The number of carbonyl (C=O) groups is 2. The van der Waals surface area contributed by atoms with Crippen LogP contribution in [0.1, 0.15) is 109 Å². The minimum absolute atomic E-state index is 0.0824. The van der Waals surface area contributed by atoms with Gasteiger partial charge in [0, 0.05) is 23.2 Å². The molecule has 2 aromatic carbocycles. The van der Waals surface area contributed by atoms with Crippen molar-refractivity contribution >= 4 is 23.0 Å².